The molecule has 2 aromatic heterocycles. The average Bonchev–Trinajstić information content (AvgIpc) is 3.64. The minimum absolute atomic E-state index is 0.279. The zero-order chi connectivity index (χ0) is 30.0. The van der Waals surface area contributed by atoms with Crippen molar-refractivity contribution in [1.29, 1.82) is 0 Å². The van der Waals surface area contributed by atoms with Gasteiger partial charge in [0.1, 0.15) is 17.3 Å². The Morgan fingerprint density at radius 1 is 1.05 bits per heavy atom. The molecule has 0 saturated carbocycles. The fourth-order valence-corrected chi connectivity index (χ4v) is 6.88. The summed E-state index contributed by atoms with van der Waals surface area (Å²) in [6.07, 6.45) is 5.56. The van der Waals surface area contributed by atoms with Crippen molar-refractivity contribution in [3.63, 3.8) is 0 Å². The summed E-state index contributed by atoms with van der Waals surface area (Å²) in [6.45, 7) is 6.95. The SMILES string of the molecule is CCNCCNC1CCN(c2ccc(Nc3nc(Nc4cccc5c4N(S(C)(=O)=O)CC5)c4cc[nH]c4n3)cc2F)CC1. The number of piperidine rings is 1. The lowest BCUT2D eigenvalue weighted by molar-refractivity contribution is 0.411. The van der Waals surface area contributed by atoms with Crippen LogP contribution in [0.3, 0.4) is 0 Å². The molecule has 2 aliphatic heterocycles. The number of hydrogen-bond acceptors (Lipinski definition) is 9. The Bertz CT molecular complexity index is 1700. The molecule has 1 saturated heterocycles. The Balaban J connectivity index is 1.18. The van der Waals surface area contributed by atoms with Gasteiger partial charge in [0.2, 0.25) is 16.0 Å². The predicted molar refractivity (Wildman–Crippen MR) is 171 cm³/mol. The van der Waals surface area contributed by atoms with Gasteiger partial charge in [-0.15, -0.1) is 0 Å². The van der Waals surface area contributed by atoms with Crippen LogP contribution in [0.15, 0.2) is 48.7 Å². The van der Waals surface area contributed by atoms with Crippen LogP contribution in [0.1, 0.15) is 25.3 Å². The minimum Gasteiger partial charge on any atom is -0.369 e. The predicted octanol–water partition coefficient (Wildman–Crippen LogP) is 4.07. The number of hydrogen-bond donors (Lipinski definition) is 5. The number of nitrogens with one attached hydrogen (secondary N) is 5. The molecule has 0 spiro atoms. The number of halogens is 1. The number of benzene rings is 2. The van der Waals surface area contributed by atoms with Gasteiger partial charge in [-0.2, -0.15) is 9.97 Å². The molecule has 13 heteroatoms. The molecule has 6 rings (SSSR count). The van der Waals surface area contributed by atoms with Crippen molar-refractivity contribution in [3.8, 4) is 0 Å². The molecule has 11 nitrogen and oxygen atoms in total. The zero-order valence-corrected chi connectivity index (χ0v) is 25.3. The van der Waals surface area contributed by atoms with Gasteiger partial charge < -0.3 is 31.2 Å². The highest BCUT2D eigenvalue weighted by atomic mass is 32.2. The van der Waals surface area contributed by atoms with Crippen molar-refractivity contribution in [2.24, 2.45) is 0 Å². The first-order chi connectivity index (χ1) is 20.8. The highest BCUT2D eigenvalue weighted by Gasteiger charge is 2.29. The maximum atomic E-state index is 15.3. The molecular weight excluding hydrogens is 569 g/mol. The lowest BCUT2D eigenvalue weighted by Gasteiger charge is -2.34. The topological polar surface area (TPSA) is 130 Å². The van der Waals surface area contributed by atoms with Gasteiger partial charge in [0, 0.05) is 50.6 Å². The van der Waals surface area contributed by atoms with Crippen LogP contribution in [0.2, 0.25) is 0 Å². The van der Waals surface area contributed by atoms with E-state index < -0.39 is 10.0 Å². The second kappa shape index (κ2) is 12.3. The van der Waals surface area contributed by atoms with Crippen molar-refractivity contribution in [1.82, 2.24) is 25.6 Å². The first-order valence-electron chi connectivity index (χ1n) is 14.8. The van der Waals surface area contributed by atoms with Crippen molar-refractivity contribution in [2.45, 2.75) is 32.2 Å². The van der Waals surface area contributed by atoms with Crippen molar-refractivity contribution in [2.75, 3.05) is 65.4 Å². The van der Waals surface area contributed by atoms with Crippen molar-refractivity contribution in [3.05, 3.63) is 60.0 Å². The molecule has 4 aromatic rings. The van der Waals surface area contributed by atoms with E-state index in [0.717, 1.165) is 56.5 Å². The number of sulfonamides is 1. The van der Waals surface area contributed by atoms with E-state index in [9.17, 15) is 8.42 Å². The van der Waals surface area contributed by atoms with Crippen LogP contribution in [-0.4, -0.2) is 74.9 Å². The largest absolute Gasteiger partial charge is 0.369 e. The summed E-state index contributed by atoms with van der Waals surface area (Å²) in [5, 5.41) is 14.1. The van der Waals surface area contributed by atoms with Crippen LogP contribution < -0.4 is 30.5 Å². The molecule has 1 fully saturated rings. The second-order valence-corrected chi connectivity index (χ2v) is 12.9. The number of rotatable bonds is 11. The molecule has 0 bridgehead atoms. The third kappa shape index (κ3) is 6.38. The van der Waals surface area contributed by atoms with Crippen LogP contribution >= 0.6 is 0 Å². The summed E-state index contributed by atoms with van der Waals surface area (Å²) < 4.78 is 41.7. The zero-order valence-electron chi connectivity index (χ0n) is 24.5. The molecule has 2 aliphatic rings. The van der Waals surface area contributed by atoms with E-state index in [1.165, 1.54) is 16.6 Å². The van der Waals surface area contributed by atoms with Crippen LogP contribution in [0.25, 0.3) is 11.0 Å². The first-order valence-corrected chi connectivity index (χ1v) is 16.6. The third-order valence-corrected chi connectivity index (χ3v) is 9.21. The van der Waals surface area contributed by atoms with Crippen LogP contribution in [0.5, 0.6) is 0 Å². The van der Waals surface area contributed by atoms with Gasteiger partial charge in [0.05, 0.1) is 28.7 Å². The number of nitrogens with zero attached hydrogens (tertiary/aromatic N) is 4. The quantitative estimate of drug-likeness (QED) is 0.160. The lowest BCUT2D eigenvalue weighted by atomic mass is 10.0. The first kappa shape index (κ1) is 29.1. The fraction of sp³-hybridized carbons (Fsp3) is 0.400. The molecular formula is C30H38FN9O2S. The molecule has 43 heavy (non-hydrogen) atoms. The number of para-hydroxylation sites is 1. The summed E-state index contributed by atoms with van der Waals surface area (Å²) in [5.41, 5.74) is 3.93. The fourth-order valence-electron chi connectivity index (χ4n) is 5.91. The number of anilines is 6. The number of aromatic amines is 1. The van der Waals surface area contributed by atoms with Crippen LogP contribution in [0, 0.1) is 5.82 Å². The maximum absolute atomic E-state index is 15.3. The van der Waals surface area contributed by atoms with Gasteiger partial charge in [-0.25, -0.2) is 12.8 Å². The van der Waals surface area contributed by atoms with Gasteiger partial charge in [-0.05, 0) is 61.7 Å². The molecule has 0 radical (unpaired) electrons. The Morgan fingerprint density at radius 2 is 1.88 bits per heavy atom. The summed E-state index contributed by atoms with van der Waals surface area (Å²) in [5.74, 6) is 0.478. The highest BCUT2D eigenvalue weighted by molar-refractivity contribution is 7.92. The minimum atomic E-state index is -3.44. The normalized spacial score (nSPS) is 15.7. The molecule has 0 unspecified atom stereocenters. The maximum Gasteiger partial charge on any atom is 0.232 e. The monoisotopic (exact) mass is 607 g/mol. The molecule has 228 valence electrons. The highest BCUT2D eigenvalue weighted by Crippen LogP contribution is 2.39. The molecule has 4 heterocycles. The van der Waals surface area contributed by atoms with E-state index in [4.69, 9.17) is 4.98 Å². The molecule has 0 atom stereocenters. The van der Waals surface area contributed by atoms with Gasteiger partial charge in [-0.3, -0.25) is 4.31 Å². The Hall–Kier alpha value is -3.94. The summed E-state index contributed by atoms with van der Waals surface area (Å²) in [6, 6.07) is 13.1. The number of fused-ring (bicyclic) bond motifs is 2. The van der Waals surface area contributed by atoms with E-state index in [-0.39, 0.29) is 11.8 Å². The van der Waals surface area contributed by atoms with Crippen molar-refractivity contribution >= 4 is 55.6 Å². The number of likely N-dealkylation sites (N-methyl/N-ethyl adjacent to an activating group) is 1. The van der Waals surface area contributed by atoms with Crippen LogP contribution in [-0.2, 0) is 16.4 Å². The van der Waals surface area contributed by atoms with E-state index in [1.54, 1.807) is 12.3 Å². The van der Waals surface area contributed by atoms with Crippen LogP contribution in [0.4, 0.5) is 38.9 Å². The van der Waals surface area contributed by atoms with E-state index in [2.05, 4.69) is 43.1 Å². The van der Waals surface area contributed by atoms with Gasteiger partial charge in [-0.1, -0.05) is 19.1 Å². The molecule has 5 N–H and O–H groups in total. The summed E-state index contributed by atoms with van der Waals surface area (Å²) >= 11 is 0. The molecule has 0 aliphatic carbocycles. The molecule has 2 aromatic carbocycles. The smallest absolute Gasteiger partial charge is 0.232 e. The van der Waals surface area contributed by atoms with Gasteiger partial charge >= 0.3 is 0 Å². The van der Waals surface area contributed by atoms with Crippen molar-refractivity contribution < 1.29 is 12.8 Å². The van der Waals surface area contributed by atoms with Gasteiger partial charge in [0.15, 0.2) is 0 Å². The molecule has 0 amide bonds. The third-order valence-electron chi connectivity index (χ3n) is 8.05. The number of H-pyrrole nitrogens is 1. The average molecular weight is 608 g/mol. The second-order valence-electron chi connectivity index (χ2n) is 11.0. The number of aromatic nitrogens is 3. The standard InChI is InChI=1S/C30H38FN9O2S/c1-3-32-14-15-33-21-11-16-39(17-12-21)26-8-7-22(19-24(26)31)35-30-37-28-23(9-13-34-28)29(38-30)36-25-6-4-5-20-10-18-40(27(20)25)43(2,41)42/h4-9,13,19,21,32-33H,3,10-12,14-18H2,1-2H3,(H3,34,35,36,37,38). The Labute approximate surface area is 251 Å². The van der Waals surface area contributed by atoms with E-state index in [0.29, 0.717) is 53.2 Å². The summed E-state index contributed by atoms with van der Waals surface area (Å²) in [7, 11) is -3.44. The lowest BCUT2D eigenvalue weighted by Crippen LogP contribution is -2.44. The van der Waals surface area contributed by atoms with E-state index >= 15 is 4.39 Å². The Kier molecular flexibility index (Phi) is 8.37. The summed E-state index contributed by atoms with van der Waals surface area (Å²) in [4.78, 5) is 14.5. The van der Waals surface area contributed by atoms with E-state index in [1.807, 2.05) is 30.3 Å². The van der Waals surface area contributed by atoms with Gasteiger partial charge in [0.25, 0.3) is 0 Å². The Morgan fingerprint density at radius 3 is 2.65 bits per heavy atom.